The fourth-order valence-corrected chi connectivity index (χ4v) is 6.25. The summed E-state index contributed by atoms with van der Waals surface area (Å²) in [7, 11) is -2.57. The number of rotatable bonds is 11. The maximum atomic E-state index is 13.7. The molecule has 218 valence electrons. The van der Waals surface area contributed by atoms with Gasteiger partial charge in [-0.15, -0.1) is 0 Å². The van der Waals surface area contributed by atoms with Crippen molar-refractivity contribution < 1.29 is 22.7 Å². The van der Waals surface area contributed by atoms with Crippen LogP contribution in [-0.4, -0.2) is 34.2 Å². The number of amides is 1. The fraction of sp³-hybridized carbons (Fsp3) is 0.161. The number of halogens is 2. The number of hydrogen-bond acceptors (Lipinski definition) is 6. The SMILES string of the molecule is COc1cc(/C=N\NC(=O)CN(c2cccc(Cl)c2C)S(=O)(=O)c2ccc(C)cc2)cc(Br)c1OCc1ccccc1. The molecule has 8 nitrogen and oxygen atoms in total. The highest BCUT2D eigenvalue weighted by atomic mass is 79.9. The van der Waals surface area contributed by atoms with Crippen LogP contribution < -0.4 is 19.2 Å². The van der Waals surface area contributed by atoms with E-state index >= 15 is 0 Å². The van der Waals surface area contributed by atoms with Crippen molar-refractivity contribution >= 4 is 55.4 Å². The molecule has 0 aliphatic heterocycles. The van der Waals surface area contributed by atoms with Gasteiger partial charge in [-0.25, -0.2) is 13.8 Å². The largest absolute Gasteiger partial charge is 0.493 e. The molecule has 4 rings (SSSR count). The highest BCUT2D eigenvalue weighted by Crippen LogP contribution is 2.37. The molecule has 0 spiro atoms. The quantitative estimate of drug-likeness (QED) is 0.142. The molecule has 0 aromatic heterocycles. The summed E-state index contributed by atoms with van der Waals surface area (Å²) in [4.78, 5) is 13.0. The van der Waals surface area contributed by atoms with E-state index in [1.165, 1.54) is 25.5 Å². The number of methoxy groups -OCH3 is 1. The molecule has 42 heavy (non-hydrogen) atoms. The van der Waals surface area contributed by atoms with Crippen molar-refractivity contribution in [1.82, 2.24) is 5.43 Å². The third-order valence-corrected chi connectivity index (χ3v) is 9.06. The molecule has 0 fully saturated rings. The van der Waals surface area contributed by atoms with E-state index in [0.29, 0.717) is 44.4 Å². The molecule has 11 heteroatoms. The van der Waals surface area contributed by atoms with E-state index in [1.807, 2.05) is 37.3 Å². The van der Waals surface area contributed by atoms with Gasteiger partial charge in [0.05, 0.1) is 28.4 Å². The molecule has 0 aliphatic rings. The number of anilines is 1. The van der Waals surface area contributed by atoms with Crippen molar-refractivity contribution in [3.63, 3.8) is 0 Å². The molecule has 4 aromatic rings. The zero-order valence-electron chi connectivity index (χ0n) is 23.2. The molecular weight excluding hydrogens is 642 g/mol. The van der Waals surface area contributed by atoms with Gasteiger partial charge in [0.1, 0.15) is 13.2 Å². The number of ether oxygens (including phenoxy) is 2. The zero-order valence-corrected chi connectivity index (χ0v) is 26.3. The summed E-state index contributed by atoms with van der Waals surface area (Å²) in [5.74, 6) is 0.353. The Morgan fingerprint density at radius 1 is 1.02 bits per heavy atom. The third-order valence-electron chi connectivity index (χ3n) is 6.28. The van der Waals surface area contributed by atoms with Crippen LogP contribution in [0.2, 0.25) is 5.02 Å². The summed E-state index contributed by atoms with van der Waals surface area (Å²) in [6, 6.07) is 24.5. The Balaban J connectivity index is 1.52. The number of benzene rings is 4. The summed E-state index contributed by atoms with van der Waals surface area (Å²) >= 11 is 9.81. The third kappa shape index (κ3) is 7.50. The van der Waals surface area contributed by atoms with Gasteiger partial charge in [-0.3, -0.25) is 9.10 Å². The van der Waals surface area contributed by atoms with Crippen LogP contribution in [0.5, 0.6) is 11.5 Å². The van der Waals surface area contributed by atoms with Gasteiger partial charge in [-0.05, 0) is 82.9 Å². The Kier molecular flexibility index (Phi) is 10.3. The minimum atomic E-state index is -4.10. The van der Waals surface area contributed by atoms with Gasteiger partial charge in [0.2, 0.25) is 0 Å². The van der Waals surface area contributed by atoms with Gasteiger partial charge in [0, 0.05) is 5.02 Å². The standard InChI is InChI=1S/C31H29BrClN3O5S/c1-21-12-14-25(15-13-21)42(38,39)36(28-11-7-10-27(33)22(28)2)19-30(37)35-34-18-24-16-26(32)31(29(17-24)40-3)41-20-23-8-5-4-6-9-23/h4-18H,19-20H2,1-3H3,(H,35,37)/b34-18-. The second kappa shape index (κ2) is 13.9. The monoisotopic (exact) mass is 669 g/mol. The lowest BCUT2D eigenvalue weighted by Gasteiger charge is -2.25. The second-order valence-corrected chi connectivity index (χ2v) is 12.4. The molecular formula is C31H29BrClN3O5S. The minimum Gasteiger partial charge on any atom is -0.493 e. The molecule has 0 radical (unpaired) electrons. The molecule has 0 saturated heterocycles. The number of nitrogens with zero attached hydrogens (tertiary/aromatic N) is 2. The topological polar surface area (TPSA) is 97.3 Å². The molecule has 4 aromatic carbocycles. The Morgan fingerprint density at radius 3 is 2.43 bits per heavy atom. The van der Waals surface area contributed by atoms with Crippen molar-refractivity contribution in [2.75, 3.05) is 18.0 Å². The predicted molar refractivity (Wildman–Crippen MR) is 169 cm³/mol. The first-order valence-electron chi connectivity index (χ1n) is 12.8. The Morgan fingerprint density at radius 2 is 1.74 bits per heavy atom. The number of hydrogen-bond donors (Lipinski definition) is 1. The first-order chi connectivity index (χ1) is 20.1. The molecule has 1 amide bonds. The van der Waals surface area contributed by atoms with E-state index in [1.54, 1.807) is 49.4 Å². The van der Waals surface area contributed by atoms with E-state index in [4.69, 9.17) is 21.1 Å². The van der Waals surface area contributed by atoms with Crippen LogP contribution in [-0.2, 0) is 21.4 Å². The fourth-order valence-electron chi connectivity index (χ4n) is 4.03. The van der Waals surface area contributed by atoms with Gasteiger partial charge in [-0.1, -0.05) is 65.7 Å². The summed E-state index contributed by atoms with van der Waals surface area (Å²) in [5, 5.41) is 4.43. The van der Waals surface area contributed by atoms with Crippen LogP contribution in [0.15, 0.2) is 99.4 Å². The first kappa shape index (κ1) is 31.1. The van der Waals surface area contributed by atoms with E-state index < -0.39 is 22.5 Å². The number of carbonyl (C=O) groups excluding carboxylic acids is 1. The van der Waals surface area contributed by atoms with Gasteiger partial charge in [0.15, 0.2) is 11.5 Å². The molecule has 0 saturated carbocycles. The Hall–Kier alpha value is -3.86. The predicted octanol–water partition coefficient (Wildman–Crippen LogP) is 6.65. The van der Waals surface area contributed by atoms with E-state index in [9.17, 15) is 13.2 Å². The van der Waals surface area contributed by atoms with E-state index in [0.717, 1.165) is 15.4 Å². The van der Waals surface area contributed by atoms with Crippen LogP contribution in [0.4, 0.5) is 5.69 Å². The lowest BCUT2D eigenvalue weighted by molar-refractivity contribution is -0.119. The van der Waals surface area contributed by atoms with Gasteiger partial charge >= 0.3 is 0 Å². The summed E-state index contributed by atoms with van der Waals surface area (Å²) in [6.07, 6.45) is 1.43. The van der Waals surface area contributed by atoms with Crippen LogP contribution in [0, 0.1) is 13.8 Å². The first-order valence-corrected chi connectivity index (χ1v) is 15.4. The zero-order chi connectivity index (χ0) is 30.3. The molecule has 0 unspecified atom stereocenters. The van der Waals surface area contributed by atoms with Crippen LogP contribution in [0.25, 0.3) is 0 Å². The normalized spacial score (nSPS) is 11.4. The molecule has 0 heterocycles. The summed E-state index contributed by atoms with van der Waals surface area (Å²) in [6.45, 7) is 3.39. The molecule has 0 bridgehead atoms. The van der Waals surface area contributed by atoms with Crippen molar-refractivity contribution in [3.8, 4) is 11.5 Å². The number of aryl methyl sites for hydroxylation is 1. The maximum Gasteiger partial charge on any atom is 0.264 e. The van der Waals surface area contributed by atoms with Crippen molar-refractivity contribution in [1.29, 1.82) is 0 Å². The number of nitrogens with one attached hydrogen (secondary N) is 1. The average molecular weight is 671 g/mol. The van der Waals surface area contributed by atoms with E-state index in [-0.39, 0.29) is 4.90 Å². The van der Waals surface area contributed by atoms with Crippen LogP contribution in [0.3, 0.4) is 0 Å². The van der Waals surface area contributed by atoms with Gasteiger partial charge in [-0.2, -0.15) is 5.10 Å². The maximum absolute atomic E-state index is 13.7. The highest BCUT2D eigenvalue weighted by Gasteiger charge is 2.28. The lowest BCUT2D eigenvalue weighted by atomic mass is 10.2. The minimum absolute atomic E-state index is 0.0512. The number of carbonyl (C=O) groups is 1. The summed E-state index contributed by atoms with van der Waals surface area (Å²) < 4.78 is 40.4. The van der Waals surface area contributed by atoms with Crippen molar-refractivity contribution in [3.05, 3.63) is 117 Å². The van der Waals surface area contributed by atoms with Crippen LogP contribution in [0.1, 0.15) is 22.3 Å². The van der Waals surface area contributed by atoms with Crippen LogP contribution >= 0.6 is 27.5 Å². The second-order valence-electron chi connectivity index (χ2n) is 9.31. The Bertz CT molecular complexity index is 1700. The number of sulfonamides is 1. The van der Waals surface area contributed by atoms with Gasteiger partial charge in [0.25, 0.3) is 15.9 Å². The Labute approximate surface area is 259 Å². The van der Waals surface area contributed by atoms with E-state index in [2.05, 4.69) is 26.5 Å². The lowest BCUT2D eigenvalue weighted by Crippen LogP contribution is -2.40. The van der Waals surface area contributed by atoms with Crippen molar-refractivity contribution in [2.24, 2.45) is 5.10 Å². The number of hydrazone groups is 1. The molecule has 1 N–H and O–H groups in total. The van der Waals surface area contributed by atoms with Crippen molar-refractivity contribution in [2.45, 2.75) is 25.3 Å². The molecule has 0 atom stereocenters. The smallest absolute Gasteiger partial charge is 0.264 e. The summed E-state index contributed by atoms with van der Waals surface area (Å²) in [5.41, 5.74) is 5.77. The molecule has 0 aliphatic carbocycles. The average Bonchev–Trinajstić information content (AvgIpc) is 2.97. The highest BCUT2D eigenvalue weighted by molar-refractivity contribution is 9.10. The van der Waals surface area contributed by atoms with Gasteiger partial charge < -0.3 is 9.47 Å².